The number of hydrogen-bond donors (Lipinski definition) is 1. The highest BCUT2D eigenvalue weighted by Crippen LogP contribution is 2.44. The minimum absolute atomic E-state index is 0.262. The summed E-state index contributed by atoms with van der Waals surface area (Å²) in [6.07, 6.45) is 10.4. The third-order valence-corrected chi connectivity index (χ3v) is 5.64. The lowest BCUT2D eigenvalue weighted by Crippen LogP contribution is -2.40. The molecule has 2 fully saturated rings. The van der Waals surface area contributed by atoms with Gasteiger partial charge in [-0.15, -0.1) is 0 Å². The first-order valence-electron chi connectivity index (χ1n) is 8.74. The standard InChI is InChI=1S/C19H28N2O/c20-18(22)14-16-4-6-17(7-5-16)15-21-12-10-19(11-13-21)8-2-1-3-9-19/h4-7H,1-3,8-15H2,(H2,20,22). The Morgan fingerprint density at radius 1 is 0.955 bits per heavy atom. The quantitative estimate of drug-likeness (QED) is 0.927. The molecule has 0 atom stereocenters. The van der Waals surface area contributed by atoms with Gasteiger partial charge in [-0.25, -0.2) is 0 Å². The minimum Gasteiger partial charge on any atom is -0.369 e. The zero-order valence-electron chi connectivity index (χ0n) is 13.5. The fourth-order valence-corrected chi connectivity index (χ4v) is 4.21. The molecule has 1 spiro atoms. The average Bonchev–Trinajstić information content (AvgIpc) is 2.52. The van der Waals surface area contributed by atoms with E-state index in [-0.39, 0.29) is 5.91 Å². The van der Waals surface area contributed by atoms with Crippen LogP contribution < -0.4 is 5.73 Å². The van der Waals surface area contributed by atoms with Crippen molar-refractivity contribution >= 4 is 5.91 Å². The van der Waals surface area contributed by atoms with E-state index in [2.05, 4.69) is 17.0 Å². The van der Waals surface area contributed by atoms with Gasteiger partial charge in [-0.3, -0.25) is 9.69 Å². The van der Waals surface area contributed by atoms with Crippen LogP contribution in [-0.4, -0.2) is 23.9 Å². The van der Waals surface area contributed by atoms with Gasteiger partial charge in [0.2, 0.25) is 5.91 Å². The first-order valence-corrected chi connectivity index (χ1v) is 8.74. The van der Waals surface area contributed by atoms with E-state index in [4.69, 9.17) is 5.73 Å². The van der Waals surface area contributed by atoms with Crippen LogP contribution in [-0.2, 0) is 17.8 Å². The van der Waals surface area contributed by atoms with Crippen LogP contribution in [0.5, 0.6) is 0 Å². The maximum Gasteiger partial charge on any atom is 0.221 e. The fourth-order valence-electron chi connectivity index (χ4n) is 4.21. The second kappa shape index (κ2) is 6.82. The number of primary amides is 1. The topological polar surface area (TPSA) is 46.3 Å². The molecule has 22 heavy (non-hydrogen) atoms. The molecular weight excluding hydrogens is 272 g/mol. The van der Waals surface area contributed by atoms with Crippen LogP contribution in [0, 0.1) is 5.41 Å². The molecule has 1 aromatic rings. The van der Waals surface area contributed by atoms with E-state index < -0.39 is 0 Å². The summed E-state index contributed by atoms with van der Waals surface area (Å²) in [5.74, 6) is -0.262. The zero-order chi connectivity index (χ0) is 15.4. The van der Waals surface area contributed by atoms with Crippen molar-refractivity contribution in [3.8, 4) is 0 Å². The monoisotopic (exact) mass is 300 g/mol. The molecule has 3 rings (SSSR count). The molecule has 1 heterocycles. The SMILES string of the molecule is NC(=O)Cc1ccc(CN2CCC3(CCCCC3)CC2)cc1. The maximum atomic E-state index is 10.9. The average molecular weight is 300 g/mol. The lowest BCUT2D eigenvalue weighted by Gasteiger charge is -2.44. The molecule has 1 saturated carbocycles. The minimum atomic E-state index is -0.262. The highest BCUT2D eigenvalue weighted by Gasteiger charge is 2.35. The first kappa shape index (κ1) is 15.5. The number of rotatable bonds is 4. The summed E-state index contributed by atoms with van der Waals surface area (Å²) < 4.78 is 0. The Hall–Kier alpha value is -1.35. The van der Waals surface area contributed by atoms with Gasteiger partial charge in [-0.1, -0.05) is 43.5 Å². The highest BCUT2D eigenvalue weighted by atomic mass is 16.1. The Labute approximate surface area is 133 Å². The largest absolute Gasteiger partial charge is 0.369 e. The van der Waals surface area contributed by atoms with E-state index in [1.54, 1.807) is 0 Å². The smallest absolute Gasteiger partial charge is 0.221 e. The molecule has 0 aromatic heterocycles. The molecule has 3 heteroatoms. The predicted molar refractivity (Wildman–Crippen MR) is 89.4 cm³/mol. The molecule has 3 nitrogen and oxygen atoms in total. The third-order valence-electron chi connectivity index (χ3n) is 5.64. The van der Waals surface area contributed by atoms with Gasteiger partial charge in [0.15, 0.2) is 0 Å². The summed E-state index contributed by atoms with van der Waals surface area (Å²) in [7, 11) is 0. The third kappa shape index (κ3) is 3.89. The molecule has 2 aliphatic rings. The van der Waals surface area contributed by atoms with Gasteiger partial charge in [0.1, 0.15) is 0 Å². The highest BCUT2D eigenvalue weighted by molar-refractivity contribution is 5.76. The fraction of sp³-hybridized carbons (Fsp3) is 0.632. The maximum absolute atomic E-state index is 10.9. The van der Waals surface area contributed by atoms with E-state index in [9.17, 15) is 4.79 Å². The van der Waals surface area contributed by atoms with Crippen molar-refractivity contribution in [2.45, 2.75) is 57.9 Å². The van der Waals surface area contributed by atoms with Crippen LogP contribution in [0.25, 0.3) is 0 Å². The molecule has 0 unspecified atom stereocenters. The lowest BCUT2D eigenvalue weighted by atomic mass is 9.68. The number of nitrogens with zero attached hydrogens (tertiary/aromatic N) is 1. The molecule has 0 bridgehead atoms. The number of carbonyl (C=O) groups is 1. The van der Waals surface area contributed by atoms with Gasteiger partial charge in [-0.05, 0) is 55.3 Å². The Balaban J connectivity index is 1.51. The van der Waals surface area contributed by atoms with Crippen LogP contribution in [0.1, 0.15) is 56.1 Å². The van der Waals surface area contributed by atoms with E-state index in [0.717, 1.165) is 12.1 Å². The number of piperidine rings is 1. The van der Waals surface area contributed by atoms with Crippen molar-refractivity contribution in [2.75, 3.05) is 13.1 Å². The summed E-state index contributed by atoms with van der Waals surface area (Å²) in [6, 6.07) is 8.35. The van der Waals surface area contributed by atoms with Crippen molar-refractivity contribution in [1.82, 2.24) is 4.90 Å². The van der Waals surface area contributed by atoms with Crippen LogP contribution in [0.15, 0.2) is 24.3 Å². The predicted octanol–water partition coefficient (Wildman–Crippen LogP) is 3.26. The number of benzene rings is 1. The second-order valence-corrected chi connectivity index (χ2v) is 7.30. The Bertz CT molecular complexity index is 493. The van der Waals surface area contributed by atoms with Gasteiger partial charge in [-0.2, -0.15) is 0 Å². The number of amides is 1. The molecule has 1 aliphatic heterocycles. The van der Waals surface area contributed by atoms with Crippen molar-refractivity contribution in [1.29, 1.82) is 0 Å². The first-order chi connectivity index (χ1) is 10.7. The number of hydrogen-bond acceptors (Lipinski definition) is 2. The molecule has 1 aromatic carbocycles. The molecular formula is C19H28N2O. The van der Waals surface area contributed by atoms with Crippen molar-refractivity contribution in [2.24, 2.45) is 11.1 Å². The van der Waals surface area contributed by atoms with Gasteiger partial charge in [0, 0.05) is 6.54 Å². The summed E-state index contributed by atoms with van der Waals surface area (Å²) in [5, 5.41) is 0. The Kier molecular flexibility index (Phi) is 4.82. The van der Waals surface area contributed by atoms with Crippen LogP contribution >= 0.6 is 0 Å². The molecule has 120 valence electrons. The normalized spacial score (nSPS) is 21.8. The summed E-state index contributed by atoms with van der Waals surface area (Å²) in [5.41, 5.74) is 8.26. The lowest BCUT2D eigenvalue weighted by molar-refractivity contribution is -0.117. The molecule has 1 saturated heterocycles. The molecule has 1 aliphatic carbocycles. The van der Waals surface area contributed by atoms with Crippen LogP contribution in [0.2, 0.25) is 0 Å². The summed E-state index contributed by atoms with van der Waals surface area (Å²) in [4.78, 5) is 13.5. The molecule has 1 amide bonds. The zero-order valence-corrected chi connectivity index (χ0v) is 13.5. The van der Waals surface area contributed by atoms with Crippen LogP contribution in [0.4, 0.5) is 0 Å². The number of likely N-dealkylation sites (tertiary alicyclic amines) is 1. The summed E-state index contributed by atoms with van der Waals surface area (Å²) >= 11 is 0. The molecule has 2 N–H and O–H groups in total. The van der Waals surface area contributed by atoms with Gasteiger partial charge in [0.25, 0.3) is 0 Å². The molecule has 0 radical (unpaired) electrons. The van der Waals surface area contributed by atoms with Crippen molar-refractivity contribution in [3.63, 3.8) is 0 Å². The van der Waals surface area contributed by atoms with Crippen molar-refractivity contribution in [3.05, 3.63) is 35.4 Å². The number of nitrogens with two attached hydrogens (primary N) is 1. The number of carbonyl (C=O) groups excluding carboxylic acids is 1. The van der Waals surface area contributed by atoms with E-state index >= 15 is 0 Å². The van der Waals surface area contributed by atoms with E-state index in [0.29, 0.717) is 11.8 Å². The second-order valence-electron chi connectivity index (χ2n) is 7.30. The van der Waals surface area contributed by atoms with Gasteiger partial charge >= 0.3 is 0 Å². The Morgan fingerprint density at radius 2 is 1.55 bits per heavy atom. The van der Waals surface area contributed by atoms with Crippen molar-refractivity contribution < 1.29 is 4.79 Å². The van der Waals surface area contributed by atoms with E-state index in [1.165, 1.54) is 63.6 Å². The Morgan fingerprint density at radius 3 is 2.14 bits per heavy atom. The van der Waals surface area contributed by atoms with E-state index in [1.807, 2.05) is 12.1 Å². The summed E-state index contributed by atoms with van der Waals surface area (Å²) in [6.45, 7) is 3.51. The van der Waals surface area contributed by atoms with Crippen LogP contribution in [0.3, 0.4) is 0 Å². The van der Waals surface area contributed by atoms with Gasteiger partial charge < -0.3 is 5.73 Å². The van der Waals surface area contributed by atoms with Gasteiger partial charge in [0.05, 0.1) is 6.42 Å².